The number of thioether (sulfide) groups is 1. The van der Waals surface area contributed by atoms with E-state index in [1.165, 1.54) is 42.4 Å². The van der Waals surface area contributed by atoms with Gasteiger partial charge >= 0.3 is 0 Å². The van der Waals surface area contributed by atoms with Crippen molar-refractivity contribution in [1.82, 2.24) is 15.5 Å². The third-order valence-corrected chi connectivity index (χ3v) is 4.98. The minimum Gasteiger partial charge on any atom is -0.352 e. The van der Waals surface area contributed by atoms with Gasteiger partial charge < -0.3 is 5.32 Å². The zero-order valence-electron chi connectivity index (χ0n) is 9.89. The molecule has 0 aliphatic heterocycles. The summed E-state index contributed by atoms with van der Waals surface area (Å²) in [4.78, 5) is 11.8. The molecular formula is C11H17N3OS2. The van der Waals surface area contributed by atoms with Crippen LogP contribution in [0.2, 0.25) is 0 Å². The molecule has 2 rings (SSSR count). The molecule has 1 aliphatic carbocycles. The zero-order valence-corrected chi connectivity index (χ0v) is 11.5. The van der Waals surface area contributed by atoms with Gasteiger partial charge in [-0.2, -0.15) is 0 Å². The van der Waals surface area contributed by atoms with E-state index in [4.69, 9.17) is 0 Å². The molecule has 0 unspecified atom stereocenters. The summed E-state index contributed by atoms with van der Waals surface area (Å²) >= 11 is 2.93. The van der Waals surface area contributed by atoms with E-state index < -0.39 is 0 Å². The van der Waals surface area contributed by atoms with E-state index in [1.54, 1.807) is 5.51 Å². The summed E-state index contributed by atoms with van der Waals surface area (Å²) in [6.07, 6.45) is 4.89. The first-order chi connectivity index (χ1) is 8.25. The lowest BCUT2D eigenvalue weighted by Gasteiger charge is -2.29. The van der Waals surface area contributed by atoms with Crippen LogP contribution in [0.1, 0.15) is 32.6 Å². The second kappa shape index (κ2) is 6.35. The molecule has 1 aliphatic rings. The van der Waals surface area contributed by atoms with Crippen molar-refractivity contribution in [2.24, 2.45) is 5.92 Å². The van der Waals surface area contributed by atoms with Gasteiger partial charge in [0.15, 0.2) is 4.34 Å². The van der Waals surface area contributed by atoms with Gasteiger partial charge in [0, 0.05) is 6.04 Å². The fourth-order valence-electron chi connectivity index (χ4n) is 2.13. The topological polar surface area (TPSA) is 54.9 Å². The number of nitrogens with one attached hydrogen (secondary N) is 1. The molecule has 1 aromatic heterocycles. The minimum absolute atomic E-state index is 0.115. The van der Waals surface area contributed by atoms with Crippen LogP contribution in [-0.4, -0.2) is 27.9 Å². The summed E-state index contributed by atoms with van der Waals surface area (Å²) < 4.78 is 0.858. The normalized spacial score (nSPS) is 24.5. The third kappa shape index (κ3) is 3.96. The number of hydrogen-bond acceptors (Lipinski definition) is 5. The predicted octanol–water partition coefficient (Wildman–Crippen LogP) is 2.33. The molecule has 94 valence electrons. The maximum atomic E-state index is 11.8. The smallest absolute Gasteiger partial charge is 0.230 e. The van der Waals surface area contributed by atoms with Crippen molar-refractivity contribution in [2.75, 3.05) is 5.75 Å². The fraction of sp³-hybridized carbons (Fsp3) is 0.727. The molecule has 1 saturated carbocycles. The first-order valence-corrected chi connectivity index (χ1v) is 7.80. The van der Waals surface area contributed by atoms with E-state index >= 15 is 0 Å². The Morgan fingerprint density at radius 3 is 3.12 bits per heavy atom. The molecule has 0 radical (unpaired) electrons. The number of carbonyl (C=O) groups excluding carboxylic acids is 1. The van der Waals surface area contributed by atoms with Crippen molar-refractivity contribution >= 4 is 29.0 Å². The van der Waals surface area contributed by atoms with Crippen LogP contribution < -0.4 is 5.32 Å². The van der Waals surface area contributed by atoms with Gasteiger partial charge in [0.2, 0.25) is 5.91 Å². The monoisotopic (exact) mass is 271 g/mol. The summed E-state index contributed by atoms with van der Waals surface area (Å²) in [6.45, 7) is 2.22. The van der Waals surface area contributed by atoms with Gasteiger partial charge in [-0.25, -0.2) is 0 Å². The first kappa shape index (κ1) is 12.8. The minimum atomic E-state index is 0.115. The van der Waals surface area contributed by atoms with Crippen molar-refractivity contribution in [3.8, 4) is 0 Å². The highest BCUT2D eigenvalue weighted by molar-refractivity contribution is 8.01. The first-order valence-electron chi connectivity index (χ1n) is 5.94. The largest absolute Gasteiger partial charge is 0.352 e. The quantitative estimate of drug-likeness (QED) is 0.854. The van der Waals surface area contributed by atoms with Gasteiger partial charge in [0.1, 0.15) is 5.51 Å². The van der Waals surface area contributed by atoms with Crippen molar-refractivity contribution in [2.45, 2.75) is 43.0 Å². The molecule has 0 bridgehead atoms. The van der Waals surface area contributed by atoms with Crippen LogP contribution in [0.25, 0.3) is 0 Å². The molecule has 1 heterocycles. The van der Waals surface area contributed by atoms with E-state index in [9.17, 15) is 4.79 Å². The number of nitrogens with zero attached hydrogens (tertiary/aromatic N) is 2. The SMILES string of the molecule is C[C@@H]1CCCC[C@H]1NC(=O)CSc1nncs1. The van der Waals surface area contributed by atoms with Gasteiger partial charge in [0.05, 0.1) is 5.75 Å². The Morgan fingerprint density at radius 1 is 1.59 bits per heavy atom. The molecule has 0 aromatic carbocycles. The lowest BCUT2D eigenvalue weighted by atomic mass is 9.86. The number of hydrogen-bond donors (Lipinski definition) is 1. The van der Waals surface area contributed by atoms with Crippen molar-refractivity contribution in [3.05, 3.63) is 5.51 Å². The Labute approximate surface area is 110 Å². The molecule has 6 heteroatoms. The second-order valence-corrected chi connectivity index (χ2v) is 6.48. The molecule has 1 fully saturated rings. The van der Waals surface area contributed by atoms with E-state index in [-0.39, 0.29) is 5.91 Å². The number of aromatic nitrogens is 2. The van der Waals surface area contributed by atoms with Crippen LogP contribution >= 0.6 is 23.1 Å². The van der Waals surface area contributed by atoms with Gasteiger partial charge in [-0.15, -0.1) is 10.2 Å². The molecule has 0 saturated heterocycles. The van der Waals surface area contributed by atoms with Crippen LogP contribution in [0, 0.1) is 5.92 Å². The third-order valence-electron chi connectivity index (χ3n) is 3.12. The van der Waals surface area contributed by atoms with Crippen molar-refractivity contribution < 1.29 is 4.79 Å². The van der Waals surface area contributed by atoms with E-state index in [1.807, 2.05) is 0 Å². The number of amides is 1. The summed E-state index contributed by atoms with van der Waals surface area (Å²) in [7, 11) is 0. The van der Waals surface area contributed by atoms with Crippen LogP contribution in [0.3, 0.4) is 0 Å². The highest BCUT2D eigenvalue weighted by Gasteiger charge is 2.22. The molecular weight excluding hydrogens is 254 g/mol. The Balaban J connectivity index is 1.73. The maximum absolute atomic E-state index is 11.8. The zero-order chi connectivity index (χ0) is 12.1. The highest BCUT2D eigenvalue weighted by atomic mass is 32.2. The van der Waals surface area contributed by atoms with E-state index in [0.29, 0.717) is 17.7 Å². The molecule has 2 atom stereocenters. The fourth-order valence-corrected chi connectivity index (χ4v) is 3.43. The average molecular weight is 271 g/mol. The standard InChI is InChI=1S/C11H17N3OS2/c1-8-4-2-3-5-9(8)13-10(15)6-16-11-14-12-7-17-11/h7-9H,2-6H2,1H3,(H,13,15)/t8-,9-/m1/s1. The highest BCUT2D eigenvalue weighted by Crippen LogP contribution is 2.24. The maximum Gasteiger partial charge on any atom is 0.230 e. The second-order valence-electron chi connectivity index (χ2n) is 4.43. The molecule has 1 amide bonds. The summed E-state index contributed by atoms with van der Waals surface area (Å²) in [5.74, 6) is 1.17. The lowest BCUT2D eigenvalue weighted by molar-refractivity contribution is -0.119. The molecule has 1 aromatic rings. The van der Waals surface area contributed by atoms with Crippen LogP contribution in [0.5, 0.6) is 0 Å². The van der Waals surface area contributed by atoms with Gasteiger partial charge in [0.25, 0.3) is 0 Å². The number of carbonyl (C=O) groups is 1. The van der Waals surface area contributed by atoms with E-state index in [0.717, 1.165) is 10.8 Å². The summed E-state index contributed by atoms with van der Waals surface area (Å²) in [5, 5.41) is 10.8. The lowest BCUT2D eigenvalue weighted by Crippen LogP contribution is -2.41. The molecule has 4 nitrogen and oxygen atoms in total. The van der Waals surface area contributed by atoms with E-state index in [2.05, 4.69) is 22.4 Å². The van der Waals surface area contributed by atoms with Gasteiger partial charge in [-0.3, -0.25) is 4.79 Å². The predicted molar refractivity (Wildman–Crippen MR) is 70.2 cm³/mol. The molecule has 1 N–H and O–H groups in total. The van der Waals surface area contributed by atoms with Crippen LogP contribution in [0.15, 0.2) is 9.85 Å². The summed E-state index contributed by atoms with van der Waals surface area (Å²) in [6, 6.07) is 0.367. The Morgan fingerprint density at radius 2 is 2.41 bits per heavy atom. The molecule has 0 spiro atoms. The van der Waals surface area contributed by atoms with Gasteiger partial charge in [-0.05, 0) is 18.8 Å². The average Bonchev–Trinajstić information content (AvgIpc) is 2.82. The Kier molecular flexibility index (Phi) is 4.79. The number of rotatable bonds is 4. The van der Waals surface area contributed by atoms with Gasteiger partial charge in [-0.1, -0.05) is 42.9 Å². The summed E-state index contributed by atoms with van der Waals surface area (Å²) in [5.41, 5.74) is 1.68. The van der Waals surface area contributed by atoms with Crippen LogP contribution in [-0.2, 0) is 4.79 Å². The molecule has 17 heavy (non-hydrogen) atoms. The Bertz CT molecular complexity index is 356. The Hall–Kier alpha value is -0.620. The van der Waals surface area contributed by atoms with Crippen LogP contribution in [0.4, 0.5) is 0 Å². The van der Waals surface area contributed by atoms with Crippen molar-refractivity contribution in [1.29, 1.82) is 0 Å². The van der Waals surface area contributed by atoms with Crippen molar-refractivity contribution in [3.63, 3.8) is 0 Å².